The van der Waals surface area contributed by atoms with Gasteiger partial charge in [-0.3, -0.25) is 14.9 Å². The van der Waals surface area contributed by atoms with Crippen LogP contribution in [0.4, 0.5) is 11.4 Å². The Kier molecular flexibility index (Phi) is 8.78. The highest BCUT2D eigenvalue weighted by atomic mass is 127. The Morgan fingerprint density at radius 1 is 1.10 bits per heavy atom. The van der Waals surface area contributed by atoms with E-state index in [0.717, 1.165) is 25.5 Å². The number of halogens is 1. The second-order valence-electron chi connectivity index (χ2n) is 8.57. The van der Waals surface area contributed by atoms with Crippen molar-refractivity contribution in [3.05, 3.63) is 109 Å². The minimum absolute atomic E-state index is 0.166. The molecule has 0 bridgehead atoms. The lowest BCUT2D eigenvalue weighted by Gasteiger charge is -2.17. The first-order valence-corrected chi connectivity index (χ1v) is 13.1. The zero-order valence-electron chi connectivity index (χ0n) is 21.2. The summed E-state index contributed by atoms with van der Waals surface area (Å²) in [5, 5.41) is 25.5. The van der Waals surface area contributed by atoms with Crippen molar-refractivity contribution in [2.75, 3.05) is 11.9 Å². The molecule has 196 valence electrons. The maximum Gasteiger partial charge on any atom is 0.271 e. The molecule has 0 aliphatic rings. The average Bonchev–Trinajstić information content (AvgIpc) is 2.92. The smallest absolute Gasteiger partial charge is 0.271 e. The van der Waals surface area contributed by atoms with E-state index in [0.29, 0.717) is 30.3 Å². The Morgan fingerprint density at radius 2 is 1.90 bits per heavy atom. The Hall–Kier alpha value is -4.43. The van der Waals surface area contributed by atoms with E-state index < -0.39 is 10.8 Å². The van der Waals surface area contributed by atoms with Gasteiger partial charge in [0, 0.05) is 23.4 Å². The average molecular weight is 633 g/mol. The van der Waals surface area contributed by atoms with Crippen molar-refractivity contribution in [3.8, 4) is 17.6 Å². The fourth-order valence-electron chi connectivity index (χ4n) is 4.07. The van der Waals surface area contributed by atoms with Crippen molar-refractivity contribution in [1.82, 2.24) is 0 Å². The zero-order valence-corrected chi connectivity index (χ0v) is 23.4. The number of amides is 1. The Bertz CT molecular complexity index is 1640. The molecule has 0 radical (unpaired) electrons. The second-order valence-corrected chi connectivity index (χ2v) is 9.73. The van der Waals surface area contributed by atoms with Crippen molar-refractivity contribution < 1.29 is 19.2 Å². The highest BCUT2D eigenvalue weighted by molar-refractivity contribution is 14.1. The molecule has 0 aliphatic heterocycles. The molecule has 0 aromatic heterocycles. The van der Waals surface area contributed by atoms with Crippen molar-refractivity contribution in [2.45, 2.75) is 20.5 Å². The van der Waals surface area contributed by atoms with Gasteiger partial charge in [0.05, 0.1) is 15.1 Å². The molecule has 1 amide bonds. The molecular formula is C30H24IN3O5. The molecule has 9 heteroatoms. The van der Waals surface area contributed by atoms with Crippen LogP contribution in [0.3, 0.4) is 0 Å². The monoisotopic (exact) mass is 633 g/mol. The van der Waals surface area contributed by atoms with Crippen LogP contribution < -0.4 is 14.8 Å². The third-order valence-electron chi connectivity index (χ3n) is 5.96. The van der Waals surface area contributed by atoms with Gasteiger partial charge in [-0.2, -0.15) is 5.26 Å². The SMILES string of the molecule is CCOc1cc(/C=C(\C#N)C(=O)Nc2cccc([N+](=O)[O-])c2)cc(I)c1OCc1c(C)ccc2ccccc12. The molecule has 0 aliphatic carbocycles. The summed E-state index contributed by atoms with van der Waals surface area (Å²) >= 11 is 2.14. The number of nitrogens with zero attached hydrogens (tertiary/aromatic N) is 2. The van der Waals surface area contributed by atoms with Crippen LogP contribution in [-0.4, -0.2) is 17.4 Å². The summed E-state index contributed by atoms with van der Waals surface area (Å²) in [6, 6.07) is 23.3. The number of non-ortho nitro benzene ring substituents is 1. The molecule has 0 heterocycles. The van der Waals surface area contributed by atoms with Gasteiger partial charge in [0.15, 0.2) is 11.5 Å². The quantitative estimate of drug-likeness (QED) is 0.0687. The fourth-order valence-corrected chi connectivity index (χ4v) is 4.85. The zero-order chi connectivity index (χ0) is 27.9. The number of hydrogen-bond donors (Lipinski definition) is 1. The maximum atomic E-state index is 12.8. The molecular weight excluding hydrogens is 609 g/mol. The van der Waals surface area contributed by atoms with Gasteiger partial charge in [0.1, 0.15) is 18.2 Å². The van der Waals surface area contributed by atoms with Gasteiger partial charge in [0.2, 0.25) is 0 Å². The summed E-state index contributed by atoms with van der Waals surface area (Å²) in [6.07, 6.45) is 1.44. The summed E-state index contributed by atoms with van der Waals surface area (Å²) in [4.78, 5) is 23.2. The molecule has 0 atom stereocenters. The first-order valence-electron chi connectivity index (χ1n) is 12.0. The van der Waals surface area contributed by atoms with Gasteiger partial charge in [-0.05, 0) is 82.6 Å². The van der Waals surface area contributed by atoms with Crippen LogP contribution in [0.5, 0.6) is 11.5 Å². The summed E-state index contributed by atoms with van der Waals surface area (Å²) in [5.41, 5.74) is 2.66. The third-order valence-corrected chi connectivity index (χ3v) is 6.76. The van der Waals surface area contributed by atoms with Crippen molar-refractivity contribution >= 4 is 56.7 Å². The van der Waals surface area contributed by atoms with Crippen LogP contribution in [0, 0.1) is 31.9 Å². The maximum absolute atomic E-state index is 12.8. The van der Waals surface area contributed by atoms with Gasteiger partial charge in [-0.15, -0.1) is 0 Å². The number of hydrogen-bond acceptors (Lipinski definition) is 6. The summed E-state index contributed by atoms with van der Waals surface area (Å²) in [6.45, 7) is 4.65. The molecule has 0 spiro atoms. The van der Waals surface area contributed by atoms with E-state index >= 15 is 0 Å². The number of rotatable bonds is 9. The van der Waals surface area contributed by atoms with E-state index in [1.54, 1.807) is 12.1 Å². The van der Waals surface area contributed by atoms with Crippen LogP contribution >= 0.6 is 22.6 Å². The predicted octanol–water partition coefficient (Wildman–Crippen LogP) is 7.18. The van der Waals surface area contributed by atoms with Gasteiger partial charge in [-0.1, -0.05) is 42.5 Å². The number of nitriles is 1. The van der Waals surface area contributed by atoms with Gasteiger partial charge in [0.25, 0.3) is 11.6 Å². The van der Waals surface area contributed by atoms with Crippen LogP contribution in [0.1, 0.15) is 23.6 Å². The van der Waals surface area contributed by atoms with Crippen LogP contribution in [0.25, 0.3) is 16.8 Å². The highest BCUT2D eigenvalue weighted by Gasteiger charge is 2.16. The molecule has 0 saturated carbocycles. The summed E-state index contributed by atoms with van der Waals surface area (Å²) in [7, 11) is 0. The largest absolute Gasteiger partial charge is 0.490 e. The number of nitro benzene ring substituents is 1. The van der Waals surface area contributed by atoms with Crippen molar-refractivity contribution in [3.63, 3.8) is 0 Å². The lowest BCUT2D eigenvalue weighted by atomic mass is 10.0. The molecule has 4 aromatic carbocycles. The highest BCUT2D eigenvalue weighted by Crippen LogP contribution is 2.36. The molecule has 0 saturated heterocycles. The van der Waals surface area contributed by atoms with E-state index in [9.17, 15) is 20.2 Å². The number of carbonyl (C=O) groups excluding carboxylic acids is 1. The molecule has 39 heavy (non-hydrogen) atoms. The fraction of sp³-hybridized carbons (Fsp3) is 0.133. The number of ether oxygens (including phenoxy) is 2. The summed E-state index contributed by atoms with van der Waals surface area (Å²) in [5.74, 6) is 0.379. The van der Waals surface area contributed by atoms with E-state index in [1.807, 2.05) is 25.1 Å². The lowest BCUT2D eigenvalue weighted by Crippen LogP contribution is -2.13. The first kappa shape index (κ1) is 27.6. The van der Waals surface area contributed by atoms with Crippen molar-refractivity contribution in [2.24, 2.45) is 0 Å². The standard InChI is InChI=1S/C30H24IN3O5/c1-3-38-28-15-20(13-22(17-32)30(35)33-23-8-6-9-24(16-23)34(36)37)14-27(31)29(28)39-18-26-19(2)11-12-21-7-4-5-10-25(21)26/h4-16H,3,18H2,1-2H3,(H,33,35)/b22-13+. The Labute approximate surface area is 239 Å². The third kappa shape index (κ3) is 6.53. The minimum Gasteiger partial charge on any atom is -0.490 e. The number of carbonyl (C=O) groups is 1. The molecule has 4 rings (SSSR count). The normalized spacial score (nSPS) is 11.1. The molecule has 8 nitrogen and oxygen atoms in total. The van der Waals surface area contributed by atoms with Crippen LogP contribution in [0.2, 0.25) is 0 Å². The molecule has 4 aromatic rings. The number of fused-ring (bicyclic) bond motifs is 1. The van der Waals surface area contributed by atoms with E-state index in [4.69, 9.17) is 9.47 Å². The Balaban J connectivity index is 1.61. The minimum atomic E-state index is -0.683. The number of aryl methyl sites for hydroxylation is 1. The van der Waals surface area contributed by atoms with E-state index in [1.165, 1.54) is 30.3 Å². The number of nitrogens with one attached hydrogen (secondary N) is 1. The van der Waals surface area contributed by atoms with Gasteiger partial charge < -0.3 is 14.8 Å². The van der Waals surface area contributed by atoms with E-state index in [-0.39, 0.29) is 16.9 Å². The van der Waals surface area contributed by atoms with Gasteiger partial charge >= 0.3 is 0 Å². The van der Waals surface area contributed by atoms with Crippen LogP contribution in [0.15, 0.2) is 78.4 Å². The second kappa shape index (κ2) is 12.4. The topological polar surface area (TPSA) is 114 Å². The summed E-state index contributed by atoms with van der Waals surface area (Å²) < 4.78 is 12.9. The number of anilines is 1. The number of benzene rings is 4. The first-order chi connectivity index (χ1) is 18.8. The van der Waals surface area contributed by atoms with E-state index in [2.05, 4.69) is 59.1 Å². The lowest BCUT2D eigenvalue weighted by molar-refractivity contribution is -0.384. The Morgan fingerprint density at radius 3 is 2.64 bits per heavy atom. The molecule has 0 fully saturated rings. The van der Waals surface area contributed by atoms with Gasteiger partial charge in [-0.25, -0.2) is 0 Å². The predicted molar refractivity (Wildman–Crippen MR) is 159 cm³/mol. The molecule has 0 unspecified atom stereocenters. The van der Waals surface area contributed by atoms with Crippen molar-refractivity contribution in [1.29, 1.82) is 5.26 Å². The van der Waals surface area contributed by atoms with Crippen LogP contribution in [-0.2, 0) is 11.4 Å². The number of nitro groups is 1. The molecule has 1 N–H and O–H groups in total.